The van der Waals surface area contributed by atoms with Crippen molar-refractivity contribution in [2.45, 2.75) is 93.9 Å². The quantitative estimate of drug-likeness (QED) is 0.217. The van der Waals surface area contributed by atoms with E-state index in [0.29, 0.717) is 0 Å². The highest BCUT2D eigenvalue weighted by Crippen LogP contribution is 2.24. The molecule has 0 spiro atoms. The fraction of sp³-hybridized carbons (Fsp3) is 0.389. The minimum atomic E-state index is 0.739. The molecule has 5 rings (SSSR count). The Kier molecular flexibility index (Phi) is 9.80. The lowest BCUT2D eigenvalue weighted by molar-refractivity contribution is 0.638. The summed E-state index contributed by atoms with van der Waals surface area (Å²) in [7, 11) is 0. The lowest BCUT2D eigenvalue weighted by Gasteiger charge is -2.19. The van der Waals surface area contributed by atoms with E-state index in [-0.39, 0.29) is 0 Å². The topological polar surface area (TPSA) is 73.9 Å². The summed E-state index contributed by atoms with van der Waals surface area (Å²) in [6, 6.07) is 17.3. The molecule has 3 heterocycles. The van der Waals surface area contributed by atoms with Crippen molar-refractivity contribution in [1.82, 2.24) is 31.2 Å². The Morgan fingerprint density at radius 1 is 0.405 bits per heavy atom. The van der Waals surface area contributed by atoms with Gasteiger partial charge in [-0.05, 0) is 121 Å². The Morgan fingerprint density at radius 3 is 0.929 bits per heavy atom. The van der Waals surface area contributed by atoms with Crippen molar-refractivity contribution in [3.8, 4) is 0 Å². The normalized spacial score (nSPS) is 15.2. The number of fused-ring (bicyclic) bond motifs is 8. The van der Waals surface area contributed by atoms with Crippen LogP contribution in [0, 0.1) is 41.5 Å². The molecule has 0 atom stereocenters. The van der Waals surface area contributed by atoms with E-state index < -0.39 is 0 Å². The zero-order valence-corrected chi connectivity index (χ0v) is 26.2. The number of aryl methyl sites for hydroxylation is 4. The van der Waals surface area contributed by atoms with Crippen molar-refractivity contribution >= 4 is 0 Å². The monoisotopic (exact) mass is 562 g/mol. The van der Waals surface area contributed by atoms with Gasteiger partial charge in [0.15, 0.2) is 0 Å². The highest BCUT2D eigenvalue weighted by atomic mass is 14.9. The maximum Gasteiger partial charge on any atom is 0.0545 e. The van der Waals surface area contributed by atoms with E-state index in [1.54, 1.807) is 0 Å². The van der Waals surface area contributed by atoms with E-state index in [9.17, 15) is 0 Å². The van der Waals surface area contributed by atoms with Crippen molar-refractivity contribution in [3.63, 3.8) is 0 Å². The van der Waals surface area contributed by atoms with Crippen molar-refractivity contribution < 1.29 is 0 Å². The number of rotatable bonds is 0. The number of hydrogen-bond acceptors (Lipinski definition) is 6. The maximum atomic E-state index is 4.95. The molecule has 6 heteroatoms. The molecule has 0 saturated heterocycles. The van der Waals surface area contributed by atoms with Crippen molar-refractivity contribution in [3.05, 3.63) is 127 Å². The average Bonchev–Trinajstić information content (AvgIpc) is 2.96. The van der Waals surface area contributed by atoms with Crippen LogP contribution in [-0.2, 0) is 52.4 Å². The van der Waals surface area contributed by atoms with Gasteiger partial charge in [0.2, 0.25) is 0 Å². The van der Waals surface area contributed by atoms with Crippen LogP contribution in [0.25, 0.3) is 0 Å². The summed E-state index contributed by atoms with van der Waals surface area (Å²) in [5.74, 6) is 0. The minimum Gasteiger partial charge on any atom is -0.307 e. The fourth-order valence-electron chi connectivity index (χ4n) is 6.35. The number of hydrogen-bond donors (Lipinski definition) is 4. The predicted molar refractivity (Wildman–Crippen MR) is 172 cm³/mol. The summed E-state index contributed by atoms with van der Waals surface area (Å²) < 4.78 is 0. The van der Waals surface area contributed by atoms with Crippen LogP contribution < -0.4 is 21.3 Å². The molecule has 1 aliphatic rings. The largest absolute Gasteiger partial charge is 0.307 e. The zero-order chi connectivity index (χ0) is 29.6. The summed E-state index contributed by atoms with van der Waals surface area (Å²) in [5.41, 5.74) is 17.8. The number of pyridine rings is 2. The van der Waals surface area contributed by atoms with Gasteiger partial charge in [0, 0.05) is 52.4 Å². The van der Waals surface area contributed by atoms with Crippen LogP contribution >= 0.6 is 0 Å². The predicted octanol–water partition coefficient (Wildman–Crippen LogP) is 5.80. The lowest BCUT2D eigenvalue weighted by Crippen LogP contribution is -2.21. The molecule has 2 aromatic carbocycles. The molecule has 0 radical (unpaired) electrons. The summed E-state index contributed by atoms with van der Waals surface area (Å²) in [5, 5.41) is 14.7. The van der Waals surface area contributed by atoms with Gasteiger partial charge in [0.05, 0.1) is 22.8 Å². The van der Waals surface area contributed by atoms with Crippen LogP contribution in [0.5, 0.6) is 0 Å². The standard InChI is InChI=1S/C36H46N6/c1-23-13-24(2)34-20-38-16-30-11-8-12-32(42-30)18-40-22-36-26(4)14-25(3)35(28(36)6)21-39-17-31-10-7-9-29(41-31)15-37-19-33(23)27(34)5/h7-14,37-40H,15-22H2,1-6H3. The Hall–Kier alpha value is -3.42. The molecule has 0 amide bonds. The molecule has 2 aromatic heterocycles. The summed E-state index contributed by atoms with van der Waals surface area (Å²) in [6.45, 7) is 19.6. The van der Waals surface area contributed by atoms with E-state index in [2.05, 4.69) is 111 Å². The molecule has 1 aliphatic heterocycles. The SMILES string of the molecule is Cc1cc(C)c2c(C)c1CNCc1cccc(n1)CNCc1c(C)cc(C)c(c1C)CNCc1cccc(n1)CNC2. The van der Waals surface area contributed by atoms with E-state index in [4.69, 9.17) is 9.97 Å². The van der Waals surface area contributed by atoms with Crippen molar-refractivity contribution in [2.24, 2.45) is 0 Å². The summed E-state index contributed by atoms with van der Waals surface area (Å²) >= 11 is 0. The van der Waals surface area contributed by atoms with Crippen molar-refractivity contribution in [2.75, 3.05) is 0 Å². The van der Waals surface area contributed by atoms with Gasteiger partial charge < -0.3 is 21.3 Å². The van der Waals surface area contributed by atoms with E-state index in [0.717, 1.165) is 75.1 Å². The Morgan fingerprint density at radius 2 is 0.667 bits per heavy atom. The van der Waals surface area contributed by atoms with Crippen LogP contribution in [0.4, 0.5) is 0 Å². The second kappa shape index (κ2) is 13.7. The first-order valence-electron chi connectivity index (χ1n) is 15.2. The van der Waals surface area contributed by atoms with Crippen LogP contribution in [-0.4, -0.2) is 9.97 Å². The molecule has 0 saturated carbocycles. The Labute approximate surface area is 251 Å². The van der Waals surface area contributed by atoms with E-state index >= 15 is 0 Å². The molecule has 0 fully saturated rings. The first kappa shape index (κ1) is 30.1. The molecule has 4 aromatic rings. The van der Waals surface area contributed by atoms with Crippen molar-refractivity contribution in [1.29, 1.82) is 0 Å². The third kappa shape index (κ3) is 7.13. The molecule has 0 unspecified atom stereocenters. The van der Waals surface area contributed by atoms with Gasteiger partial charge in [0.25, 0.3) is 0 Å². The Balaban J connectivity index is 1.41. The number of nitrogens with one attached hydrogen (secondary N) is 4. The highest BCUT2D eigenvalue weighted by molar-refractivity contribution is 5.45. The highest BCUT2D eigenvalue weighted by Gasteiger charge is 2.13. The summed E-state index contributed by atoms with van der Waals surface area (Å²) in [6.07, 6.45) is 0. The van der Waals surface area contributed by atoms with Crippen LogP contribution in [0.3, 0.4) is 0 Å². The van der Waals surface area contributed by atoms with Gasteiger partial charge >= 0.3 is 0 Å². The molecular formula is C36H46N6. The molecule has 4 N–H and O–H groups in total. The second-order valence-corrected chi connectivity index (χ2v) is 11.8. The molecule has 42 heavy (non-hydrogen) atoms. The first-order chi connectivity index (χ1) is 20.3. The van der Waals surface area contributed by atoms with Gasteiger partial charge in [-0.3, -0.25) is 9.97 Å². The molecule has 0 aliphatic carbocycles. The molecule has 8 bridgehead atoms. The van der Waals surface area contributed by atoms with Crippen LogP contribution in [0.15, 0.2) is 48.5 Å². The van der Waals surface area contributed by atoms with Gasteiger partial charge in [-0.15, -0.1) is 0 Å². The molecule has 220 valence electrons. The third-order valence-corrected chi connectivity index (χ3v) is 8.74. The minimum absolute atomic E-state index is 0.739. The Bertz CT molecular complexity index is 1340. The van der Waals surface area contributed by atoms with Crippen LogP contribution in [0.2, 0.25) is 0 Å². The second-order valence-electron chi connectivity index (χ2n) is 11.8. The molecule has 6 nitrogen and oxygen atoms in total. The van der Waals surface area contributed by atoms with Gasteiger partial charge in [-0.25, -0.2) is 0 Å². The number of nitrogens with zero attached hydrogens (tertiary/aromatic N) is 2. The van der Waals surface area contributed by atoms with Gasteiger partial charge in [-0.1, -0.05) is 24.3 Å². The smallest absolute Gasteiger partial charge is 0.0545 e. The lowest BCUT2D eigenvalue weighted by atomic mass is 9.93. The molecular weight excluding hydrogens is 516 g/mol. The van der Waals surface area contributed by atoms with Crippen LogP contribution in [0.1, 0.15) is 78.4 Å². The maximum absolute atomic E-state index is 4.95. The van der Waals surface area contributed by atoms with Gasteiger partial charge in [-0.2, -0.15) is 0 Å². The van der Waals surface area contributed by atoms with E-state index in [1.807, 2.05) is 0 Å². The third-order valence-electron chi connectivity index (χ3n) is 8.74. The van der Waals surface area contributed by atoms with E-state index in [1.165, 1.54) is 55.6 Å². The first-order valence-corrected chi connectivity index (χ1v) is 15.2. The summed E-state index contributed by atoms with van der Waals surface area (Å²) in [4.78, 5) is 9.89. The number of aromatic nitrogens is 2. The van der Waals surface area contributed by atoms with Gasteiger partial charge in [0.1, 0.15) is 0 Å². The number of benzene rings is 2. The zero-order valence-electron chi connectivity index (χ0n) is 26.2. The average molecular weight is 563 g/mol. The fourth-order valence-corrected chi connectivity index (χ4v) is 6.35.